The number of primary amides is 1. The first-order valence-electron chi connectivity index (χ1n) is 11.8. The number of rotatable bonds is 2. The number of ether oxygens (including phenoxy) is 1. The van der Waals surface area contributed by atoms with E-state index in [0.29, 0.717) is 25.1 Å². The standard InChI is InChI=1S/C24H38N4O4/c1-16-18(26-22(31)32-23(2,3)4)12-9-7-5-6-8-11-17-15-24(17,21(25)30)27-20(29)19-13-10-14-28(16)19/h8,11,17-19H,1,5-7,9-10,12-15H2,2-4H3,(H2,25,30)(H,26,31)(H,27,29)/b11-8-/t17-,18+,19+,24-/m1/s1. The molecule has 1 saturated heterocycles. The lowest BCUT2D eigenvalue weighted by atomic mass is 10.0. The first-order valence-corrected chi connectivity index (χ1v) is 11.8. The Kier molecular flexibility index (Phi) is 7.20. The molecule has 3 rings (SSSR count). The summed E-state index contributed by atoms with van der Waals surface area (Å²) < 4.78 is 5.46. The third kappa shape index (κ3) is 5.64. The molecule has 0 aromatic carbocycles. The molecule has 0 unspecified atom stereocenters. The van der Waals surface area contributed by atoms with Crippen LogP contribution in [0.3, 0.4) is 0 Å². The largest absolute Gasteiger partial charge is 0.444 e. The first kappa shape index (κ1) is 24.1. The number of alkyl carbamates (subject to hydrolysis) is 1. The summed E-state index contributed by atoms with van der Waals surface area (Å²) in [4.78, 5) is 39.8. The van der Waals surface area contributed by atoms with Crippen LogP contribution in [0, 0.1) is 5.92 Å². The smallest absolute Gasteiger partial charge is 0.408 e. The number of carbonyl (C=O) groups is 3. The molecule has 4 atom stereocenters. The summed E-state index contributed by atoms with van der Waals surface area (Å²) in [5.74, 6) is -0.740. The van der Waals surface area contributed by atoms with Gasteiger partial charge in [-0.05, 0) is 59.3 Å². The van der Waals surface area contributed by atoms with E-state index in [9.17, 15) is 14.4 Å². The third-order valence-electron chi connectivity index (χ3n) is 6.55. The van der Waals surface area contributed by atoms with Crippen molar-refractivity contribution in [3.63, 3.8) is 0 Å². The second kappa shape index (κ2) is 9.55. The van der Waals surface area contributed by atoms with Crippen LogP contribution < -0.4 is 16.4 Å². The van der Waals surface area contributed by atoms with Crippen LogP contribution in [0.5, 0.6) is 0 Å². The van der Waals surface area contributed by atoms with Crippen molar-refractivity contribution in [1.82, 2.24) is 15.5 Å². The first-order chi connectivity index (χ1) is 15.0. The third-order valence-corrected chi connectivity index (χ3v) is 6.55. The van der Waals surface area contributed by atoms with Crippen molar-refractivity contribution in [2.45, 2.75) is 95.4 Å². The quantitative estimate of drug-likeness (QED) is 0.565. The zero-order valence-electron chi connectivity index (χ0n) is 19.6. The van der Waals surface area contributed by atoms with E-state index in [2.05, 4.69) is 23.3 Å². The lowest BCUT2D eigenvalue weighted by molar-refractivity contribution is -0.131. The van der Waals surface area contributed by atoms with E-state index in [1.54, 1.807) is 0 Å². The Labute approximate surface area is 191 Å². The van der Waals surface area contributed by atoms with Crippen molar-refractivity contribution in [2.75, 3.05) is 6.54 Å². The van der Waals surface area contributed by atoms with Crippen LogP contribution in [0.1, 0.15) is 72.1 Å². The summed E-state index contributed by atoms with van der Waals surface area (Å²) in [7, 11) is 0. The predicted octanol–water partition coefficient (Wildman–Crippen LogP) is 2.74. The van der Waals surface area contributed by atoms with Gasteiger partial charge in [-0.3, -0.25) is 9.59 Å². The topological polar surface area (TPSA) is 114 Å². The molecule has 2 aliphatic heterocycles. The van der Waals surface area contributed by atoms with E-state index in [1.807, 2.05) is 31.7 Å². The van der Waals surface area contributed by atoms with Crippen LogP contribution in [0.25, 0.3) is 0 Å². The van der Waals surface area contributed by atoms with E-state index in [0.717, 1.165) is 38.5 Å². The van der Waals surface area contributed by atoms with Crippen molar-refractivity contribution in [2.24, 2.45) is 11.7 Å². The number of hydrogen-bond acceptors (Lipinski definition) is 5. The molecule has 0 radical (unpaired) electrons. The van der Waals surface area contributed by atoms with E-state index in [1.165, 1.54) is 0 Å². The number of allylic oxidation sites excluding steroid dienone is 1. The van der Waals surface area contributed by atoms with Crippen LogP contribution in [-0.4, -0.2) is 52.6 Å². The summed E-state index contributed by atoms with van der Waals surface area (Å²) in [6.45, 7) is 10.4. The zero-order valence-corrected chi connectivity index (χ0v) is 19.6. The summed E-state index contributed by atoms with van der Waals surface area (Å²) in [6.07, 6.45) is 10.2. The molecule has 0 aromatic heterocycles. The van der Waals surface area contributed by atoms with Gasteiger partial charge in [0.1, 0.15) is 17.2 Å². The van der Waals surface area contributed by atoms with Crippen molar-refractivity contribution >= 4 is 17.9 Å². The summed E-state index contributed by atoms with van der Waals surface area (Å²) in [5.41, 5.74) is 4.80. The van der Waals surface area contributed by atoms with Gasteiger partial charge >= 0.3 is 6.09 Å². The normalized spacial score (nSPS) is 32.5. The monoisotopic (exact) mass is 446 g/mol. The van der Waals surface area contributed by atoms with Crippen LogP contribution in [0.4, 0.5) is 4.79 Å². The Hall–Kier alpha value is -2.51. The average molecular weight is 447 g/mol. The van der Waals surface area contributed by atoms with Crippen LogP contribution in [-0.2, 0) is 14.3 Å². The fourth-order valence-electron chi connectivity index (χ4n) is 4.72. The highest BCUT2D eigenvalue weighted by atomic mass is 16.6. The van der Waals surface area contributed by atoms with Crippen molar-refractivity contribution < 1.29 is 19.1 Å². The number of nitrogens with one attached hydrogen (secondary N) is 2. The van der Waals surface area contributed by atoms with Gasteiger partial charge in [0.2, 0.25) is 11.8 Å². The highest BCUT2D eigenvalue weighted by Crippen LogP contribution is 2.45. The number of fused-ring (bicyclic) bond motifs is 2. The number of carbonyl (C=O) groups excluding carboxylic acids is 3. The van der Waals surface area contributed by atoms with Gasteiger partial charge in [0.05, 0.1) is 6.04 Å². The SMILES string of the molecule is C=C1[C@@H](NC(=O)OC(C)(C)C)CCCCC/C=C\[C@@H]2C[C@@]2(C(N)=O)NC(=O)[C@@H]2CCCN12. The fourth-order valence-corrected chi connectivity index (χ4v) is 4.72. The van der Waals surface area contributed by atoms with Gasteiger partial charge in [-0.15, -0.1) is 0 Å². The summed E-state index contributed by atoms with van der Waals surface area (Å²) >= 11 is 0. The highest BCUT2D eigenvalue weighted by Gasteiger charge is 2.59. The maximum absolute atomic E-state index is 13.2. The molecule has 1 aliphatic carbocycles. The molecule has 178 valence electrons. The molecule has 4 N–H and O–H groups in total. The van der Waals surface area contributed by atoms with Crippen LogP contribution in [0.2, 0.25) is 0 Å². The molecule has 2 fully saturated rings. The molecule has 2 heterocycles. The second-order valence-corrected chi connectivity index (χ2v) is 10.2. The Morgan fingerprint density at radius 1 is 1.25 bits per heavy atom. The lowest BCUT2D eigenvalue weighted by Crippen LogP contribution is -2.54. The number of nitrogens with two attached hydrogens (primary N) is 1. The lowest BCUT2D eigenvalue weighted by Gasteiger charge is -2.34. The minimum absolute atomic E-state index is 0.0475. The van der Waals surface area contributed by atoms with Gasteiger partial charge in [-0.2, -0.15) is 0 Å². The zero-order chi connectivity index (χ0) is 23.5. The molecule has 1 saturated carbocycles. The van der Waals surface area contributed by atoms with Gasteiger partial charge in [0.25, 0.3) is 0 Å². The van der Waals surface area contributed by atoms with Crippen LogP contribution in [0.15, 0.2) is 24.4 Å². The van der Waals surface area contributed by atoms with E-state index in [-0.39, 0.29) is 17.9 Å². The molecule has 8 heteroatoms. The Bertz CT molecular complexity index is 787. The summed E-state index contributed by atoms with van der Waals surface area (Å²) in [6, 6.07) is -0.755. The van der Waals surface area contributed by atoms with E-state index in [4.69, 9.17) is 10.5 Å². The van der Waals surface area contributed by atoms with Crippen molar-refractivity contribution in [3.8, 4) is 0 Å². The van der Waals surface area contributed by atoms with Gasteiger partial charge < -0.3 is 26.0 Å². The molecule has 0 bridgehead atoms. The molecule has 32 heavy (non-hydrogen) atoms. The fraction of sp³-hybridized carbons (Fsp3) is 0.708. The molecule has 0 spiro atoms. The highest BCUT2D eigenvalue weighted by molar-refractivity contribution is 5.95. The molecule has 3 aliphatic rings. The Morgan fingerprint density at radius 3 is 2.69 bits per heavy atom. The second-order valence-electron chi connectivity index (χ2n) is 10.2. The predicted molar refractivity (Wildman–Crippen MR) is 122 cm³/mol. The van der Waals surface area contributed by atoms with Gasteiger partial charge in [-0.25, -0.2) is 4.79 Å². The van der Waals surface area contributed by atoms with Crippen molar-refractivity contribution in [3.05, 3.63) is 24.4 Å². The molecular weight excluding hydrogens is 408 g/mol. The van der Waals surface area contributed by atoms with E-state index < -0.39 is 29.2 Å². The Balaban J connectivity index is 1.79. The van der Waals surface area contributed by atoms with Crippen molar-refractivity contribution in [1.29, 1.82) is 0 Å². The van der Waals surface area contributed by atoms with Crippen LogP contribution >= 0.6 is 0 Å². The van der Waals surface area contributed by atoms with Gasteiger partial charge in [0.15, 0.2) is 0 Å². The number of hydrogen-bond donors (Lipinski definition) is 3. The summed E-state index contributed by atoms with van der Waals surface area (Å²) in [5, 5.41) is 5.92. The molecule has 0 aromatic rings. The molecule has 8 nitrogen and oxygen atoms in total. The van der Waals surface area contributed by atoms with Gasteiger partial charge in [0, 0.05) is 18.2 Å². The van der Waals surface area contributed by atoms with Gasteiger partial charge in [-0.1, -0.05) is 31.6 Å². The molecule has 3 amide bonds. The minimum atomic E-state index is -0.989. The maximum Gasteiger partial charge on any atom is 0.408 e. The number of amides is 3. The Morgan fingerprint density at radius 2 is 2.00 bits per heavy atom. The number of nitrogens with zero attached hydrogens (tertiary/aromatic N) is 1. The van der Waals surface area contributed by atoms with E-state index >= 15 is 0 Å². The molecular formula is C24H38N4O4. The average Bonchev–Trinajstić information content (AvgIpc) is 3.16. The minimum Gasteiger partial charge on any atom is -0.444 e. The maximum atomic E-state index is 13.2.